The second kappa shape index (κ2) is 15.2. The Morgan fingerprint density at radius 1 is 1.00 bits per heavy atom. The number of nitrogens with zero attached hydrogens (tertiary/aromatic N) is 4. The van der Waals surface area contributed by atoms with Crippen molar-refractivity contribution in [3.05, 3.63) is 95.4 Å². The first-order valence-electron chi connectivity index (χ1n) is 17.7. The first-order valence-corrected chi connectivity index (χ1v) is 17.7. The third kappa shape index (κ3) is 8.33. The molecule has 0 radical (unpaired) electrons. The molecular weight excluding hydrogens is 596 g/mol. The lowest BCUT2D eigenvalue weighted by atomic mass is 9.92. The SMILES string of the molecule is CCc1c(NC[C@H](CCc2ccc(-c3ccccc3)cc2)C(=O)OC(C)(C)C)ncnc1N1CCC(c2ccc3c(n2)NCCC3)CC1. The molecule has 0 spiro atoms. The monoisotopic (exact) mass is 646 g/mol. The number of hydrogen-bond acceptors (Lipinski definition) is 8. The smallest absolute Gasteiger partial charge is 0.311 e. The summed E-state index contributed by atoms with van der Waals surface area (Å²) in [5, 5.41) is 7.03. The first kappa shape index (κ1) is 33.4. The molecule has 2 N–H and O–H groups in total. The van der Waals surface area contributed by atoms with E-state index in [1.165, 1.54) is 34.4 Å². The fourth-order valence-corrected chi connectivity index (χ4v) is 6.85. The number of hydrogen-bond donors (Lipinski definition) is 2. The van der Waals surface area contributed by atoms with Gasteiger partial charge in [-0.05, 0) is 94.0 Å². The Kier molecular flexibility index (Phi) is 10.6. The number of pyridine rings is 1. The molecule has 48 heavy (non-hydrogen) atoms. The van der Waals surface area contributed by atoms with E-state index >= 15 is 0 Å². The summed E-state index contributed by atoms with van der Waals surface area (Å²) in [6.45, 7) is 11.2. The minimum absolute atomic E-state index is 0.184. The van der Waals surface area contributed by atoms with E-state index in [-0.39, 0.29) is 11.9 Å². The summed E-state index contributed by atoms with van der Waals surface area (Å²) in [5.74, 6) is 2.80. The molecular formula is C40H50N6O2. The van der Waals surface area contributed by atoms with Gasteiger partial charge in [0, 0.05) is 43.4 Å². The Morgan fingerprint density at radius 3 is 2.48 bits per heavy atom. The number of piperidine rings is 1. The standard InChI is InChI=1S/C40H50N6O2/c1-5-34-37(43-27-44-38(34)46-24-21-31(22-25-46)35-20-19-32-12-9-23-41-36(32)45-35)42-26-33(39(47)48-40(2,3)4)18-15-28-13-16-30(17-14-28)29-10-7-6-8-11-29/h6-8,10-11,13-14,16-17,19-20,27,31,33H,5,9,12,15,18,21-26H2,1-4H3,(H,41,45)(H,42,43,44)/t33-/m0/s1. The van der Waals surface area contributed by atoms with Crippen molar-refractivity contribution < 1.29 is 9.53 Å². The molecule has 252 valence electrons. The predicted octanol–water partition coefficient (Wildman–Crippen LogP) is 7.85. The fraction of sp³-hybridized carbons (Fsp3) is 0.450. The molecule has 0 amide bonds. The van der Waals surface area contributed by atoms with Gasteiger partial charge in [-0.3, -0.25) is 4.79 Å². The fourth-order valence-electron chi connectivity index (χ4n) is 6.85. The Balaban J connectivity index is 1.11. The third-order valence-corrected chi connectivity index (χ3v) is 9.50. The number of ether oxygens (including phenoxy) is 1. The number of carbonyl (C=O) groups excluding carboxylic acids is 1. The molecule has 0 unspecified atom stereocenters. The molecule has 4 aromatic rings. The molecule has 8 heteroatoms. The van der Waals surface area contributed by atoms with Crippen LogP contribution in [0.15, 0.2) is 73.1 Å². The highest BCUT2D eigenvalue weighted by Crippen LogP contribution is 2.34. The van der Waals surface area contributed by atoms with E-state index in [9.17, 15) is 4.79 Å². The van der Waals surface area contributed by atoms with Crippen LogP contribution in [0.5, 0.6) is 0 Å². The molecule has 1 atom stereocenters. The van der Waals surface area contributed by atoms with Gasteiger partial charge in [0.1, 0.15) is 29.4 Å². The molecule has 2 aromatic heterocycles. The van der Waals surface area contributed by atoms with Gasteiger partial charge >= 0.3 is 5.97 Å². The molecule has 4 heterocycles. The average Bonchev–Trinajstić information content (AvgIpc) is 3.11. The summed E-state index contributed by atoms with van der Waals surface area (Å²) < 4.78 is 5.88. The van der Waals surface area contributed by atoms with E-state index in [0.717, 1.165) is 74.8 Å². The van der Waals surface area contributed by atoms with Gasteiger partial charge < -0.3 is 20.3 Å². The van der Waals surface area contributed by atoms with E-state index in [2.05, 4.69) is 88.1 Å². The summed E-state index contributed by atoms with van der Waals surface area (Å²) >= 11 is 0. The highest BCUT2D eigenvalue weighted by Gasteiger charge is 2.28. The van der Waals surface area contributed by atoms with Crippen molar-refractivity contribution in [3.8, 4) is 11.1 Å². The second-order valence-corrected chi connectivity index (χ2v) is 14.1. The zero-order valence-electron chi connectivity index (χ0n) is 29.0. The van der Waals surface area contributed by atoms with Crippen LogP contribution in [-0.2, 0) is 28.8 Å². The van der Waals surface area contributed by atoms with Crippen LogP contribution >= 0.6 is 0 Å². The summed E-state index contributed by atoms with van der Waals surface area (Å²) in [7, 11) is 0. The van der Waals surface area contributed by atoms with Gasteiger partial charge in [-0.1, -0.05) is 67.6 Å². The Hall–Kier alpha value is -4.46. The van der Waals surface area contributed by atoms with Crippen LogP contribution in [-0.4, -0.2) is 52.7 Å². The summed E-state index contributed by atoms with van der Waals surface area (Å²) in [6, 6.07) is 23.5. The summed E-state index contributed by atoms with van der Waals surface area (Å²) in [6.07, 6.45) is 8.25. The Labute approximate surface area is 285 Å². The van der Waals surface area contributed by atoms with Gasteiger partial charge in [-0.25, -0.2) is 15.0 Å². The number of carbonyl (C=O) groups is 1. The lowest BCUT2D eigenvalue weighted by Gasteiger charge is -2.34. The number of benzene rings is 2. The maximum absolute atomic E-state index is 13.4. The third-order valence-electron chi connectivity index (χ3n) is 9.50. The van der Waals surface area contributed by atoms with Gasteiger partial charge in [0.25, 0.3) is 0 Å². The first-order chi connectivity index (χ1) is 23.3. The molecule has 1 saturated heterocycles. The van der Waals surface area contributed by atoms with Gasteiger partial charge in [-0.2, -0.15) is 0 Å². The second-order valence-electron chi connectivity index (χ2n) is 14.1. The predicted molar refractivity (Wildman–Crippen MR) is 195 cm³/mol. The number of rotatable bonds is 11. The summed E-state index contributed by atoms with van der Waals surface area (Å²) in [4.78, 5) is 30.2. The van der Waals surface area contributed by atoms with Crippen LogP contribution in [0.25, 0.3) is 11.1 Å². The highest BCUT2D eigenvalue weighted by molar-refractivity contribution is 5.74. The summed E-state index contributed by atoms with van der Waals surface area (Å²) in [5.41, 5.74) is 6.66. The number of aromatic nitrogens is 3. The molecule has 0 bridgehead atoms. The topological polar surface area (TPSA) is 92.3 Å². The number of anilines is 3. The largest absolute Gasteiger partial charge is 0.460 e. The van der Waals surface area contributed by atoms with Crippen molar-refractivity contribution >= 4 is 23.4 Å². The Bertz CT molecular complexity index is 1660. The van der Waals surface area contributed by atoms with Gasteiger partial charge in [0.2, 0.25) is 0 Å². The van der Waals surface area contributed by atoms with E-state index in [0.29, 0.717) is 18.9 Å². The number of aryl methyl sites for hydroxylation is 2. The molecule has 2 aliphatic rings. The van der Waals surface area contributed by atoms with Crippen molar-refractivity contribution in [3.63, 3.8) is 0 Å². The minimum atomic E-state index is -0.555. The molecule has 2 aromatic carbocycles. The van der Waals surface area contributed by atoms with Crippen LogP contribution in [0.1, 0.15) is 81.7 Å². The van der Waals surface area contributed by atoms with Crippen molar-refractivity contribution in [2.45, 2.75) is 84.2 Å². The lowest BCUT2D eigenvalue weighted by molar-refractivity contribution is -0.159. The van der Waals surface area contributed by atoms with Crippen LogP contribution in [0.3, 0.4) is 0 Å². The van der Waals surface area contributed by atoms with Gasteiger partial charge in [-0.15, -0.1) is 0 Å². The maximum atomic E-state index is 13.4. The van der Waals surface area contributed by atoms with Gasteiger partial charge in [0.05, 0.1) is 5.92 Å². The van der Waals surface area contributed by atoms with Crippen molar-refractivity contribution in [2.75, 3.05) is 41.7 Å². The average molecular weight is 647 g/mol. The van der Waals surface area contributed by atoms with Crippen molar-refractivity contribution in [1.29, 1.82) is 0 Å². The molecule has 0 aliphatic carbocycles. The highest BCUT2D eigenvalue weighted by atomic mass is 16.6. The van der Waals surface area contributed by atoms with E-state index in [4.69, 9.17) is 14.7 Å². The van der Waals surface area contributed by atoms with E-state index < -0.39 is 5.60 Å². The maximum Gasteiger partial charge on any atom is 0.311 e. The van der Waals surface area contributed by atoms with Gasteiger partial charge in [0.15, 0.2) is 0 Å². The van der Waals surface area contributed by atoms with Crippen molar-refractivity contribution in [1.82, 2.24) is 15.0 Å². The molecule has 0 saturated carbocycles. The minimum Gasteiger partial charge on any atom is -0.460 e. The zero-order chi connectivity index (χ0) is 33.5. The van der Waals surface area contributed by atoms with Crippen molar-refractivity contribution in [2.24, 2.45) is 5.92 Å². The van der Waals surface area contributed by atoms with Crippen LogP contribution in [0.2, 0.25) is 0 Å². The molecule has 2 aliphatic heterocycles. The van der Waals surface area contributed by atoms with Crippen LogP contribution in [0.4, 0.5) is 17.5 Å². The van der Waals surface area contributed by atoms with E-state index in [1.807, 2.05) is 26.8 Å². The van der Waals surface area contributed by atoms with Crippen LogP contribution < -0.4 is 15.5 Å². The van der Waals surface area contributed by atoms with E-state index in [1.54, 1.807) is 6.33 Å². The zero-order valence-corrected chi connectivity index (χ0v) is 29.0. The number of fused-ring (bicyclic) bond motifs is 1. The number of esters is 1. The quantitative estimate of drug-likeness (QED) is 0.159. The number of nitrogens with one attached hydrogen (secondary N) is 2. The molecule has 1 fully saturated rings. The van der Waals surface area contributed by atoms with Crippen LogP contribution in [0, 0.1) is 5.92 Å². The molecule has 6 rings (SSSR count). The normalized spacial score (nSPS) is 15.7. The molecule has 8 nitrogen and oxygen atoms in total. The lowest BCUT2D eigenvalue weighted by Crippen LogP contribution is -2.35. The Morgan fingerprint density at radius 2 is 1.75 bits per heavy atom.